The second kappa shape index (κ2) is 6.05. The van der Waals surface area contributed by atoms with E-state index >= 15 is 0 Å². The van der Waals surface area contributed by atoms with E-state index in [1.165, 1.54) is 0 Å². The van der Waals surface area contributed by atoms with Gasteiger partial charge in [0.05, 0.1) is 17.6 Å². The predicted octanol–water partition coefficient (Wildman–Crippen LogP) is 1.66. The Kier molecular flexibility index (Phi) is 3.97. The summed E-state index contributed by atoms with van der Waals surface area (Å²) in [5.74, 6) is 1.27. The minimum Gasteiger partial charge on any atom is -0.343 e. The molecule has 1 saturated heterocycles. The number of H-pyrrole nitrogens is 1. The van der Waals surface area contributed by atoms with Gasteiger partial charge in [-0.15, -0.1) is 0 Å². The van der Waals surface area contributed by atoms with Crippen LogP contribution in [0, 0.1) is 0 Å². The first kappa shape index (κ1) is 13.1. The minimum absolute atomic E-state index is 0.308. The predicted molar refractivity (Wildman–Crippen MR) is 78.2 cm³/mol. The van der Waals surface area contributed by atoms with Gasteiger partial charge in [0.1, 0.15) is 5.82 Å². The average Bonchev–Trinajstić information content (AvgIpc) is 3.04. The van der Waals surface area contributed by atoms with Crippen LogP contribution in [0.1, 0.15) is 25.1 Å². The van der Waals surface area contributed by atoms with E-state index in [1.807, 2.05) is 29.2 Å². The van der Waals surface area contributed by atoms with E-state index < -0.39 is 0 Å². The van der Waals surface area contributed by atoms with Gasteiger partial charge in [-0.3, -0.25) is 4.79 Å². The maximum Gasteiger partial charge on any atom is 0.222 e. The Morgan fingerprint density at radius 1 is 1.35 bits per heavy atom. The van der Waals surface area contributed by atoms with E-state index in [9.17, 15) is 4.79 Å². The summed E-state index contributed by atoms with van der Waals surface area (Å²) in [7, 11) is 0. The van der Waals surface area contributed by atoms with Crippen LogP contribution >= 0.6 is 0 Å². The maximum absolute atomic E-state index is 11.4. The zero-order valence-electron chi connectivity index (χ0n) is 11.6. The van der Waals surface area contributed by atoms with Crippen molar-refractivity contribution >= 4 is 16.9 Å². The normalized spacial score (nSPS) is 15.4. The highest BCUT2D eigenvalue weighted by Crippen LogP contribution is 2.10. The molecular formula is C15H20N4O. The molecule has 0 aliphatic carbocycles. The van der Waals surface area contributed by atoms with Crippen LogP contribution in [-0.2, 0) is 11.3 Å². The van der Waals surface area contributed by atoms with Gasteiger partial charge < -0.3 is 15.2 Å². The van der Waals surface area contributed by atoms with E-state index in [0.717, 1.165) is 62.3 Å². The number of hydrogen-bond donors (Lipinski definition) is 2. The highest BCUT2D eigenvalue weighted by Gasteiger charge is 2.18. The van der Waals surface area contributed by atoms with Crippen molar-refractivity contribution in [1.82, 2.24) is 20.2 Å². The number of nitrogens with one attached hydrogen (secondary N) is 2. The highest BCUT2D eigenvalue weighted by atomic mass is 16.2. The number of amides is 1. The first-order chi connectivity index (χ1) is 9.83. The first-order valence-corrected chi connectivity index (χ1v) is 7.25. The molecule has 1 amide bonds. The summed E-state index contributed by atoms with van der Waals surface area (Å²) in [5.41, 5.74) is 2.08. The monoisotopic (exact) mass is 272 g/mol. The molecule has 2 N–H and O–H groups in total. The Morgan fingerprint density at radius 3 is 3.05 bits per heavy atom. The number of hydrogen-bond acceptors (Lipinski definition) is 3. The standard InChI is InChI=1S/C15H20N4O/c20-15-7-3-9-19(15)10-4-8-16-11-14-17-12-5-1-2-6-13(12)18-14/h1-2,5-6,16H,3-4,7-11H2,(H,17,18). The number of rotatable bonds is 6. The lowest BCUT2D eigenvalue weighted by Crippen LogP contribution is -2.28. The molecule has 5 nitrogen and oxygen atoms in total. The van der Waals surface area contributed by atoms with Gasteiger partial charge in [-0.05, 0) is 31.5 Å². The third-order valence-corrected chi connectivity index (χ3v) is 3.68. The zero-order chi connectivity index (χ0) is 13.8. The number of carbonyl (C=O) groups excluding carboxylic acids is 1. The van der Waals surface area contributed by atoms with E-state index in [2.05, 4.69) is 15.3 Å². The van der Waals surface area contributed by atoms with Crippen molar-refractivity contribution in [1.29, 1.82) is 0 Å². The summed E-state index contributed by atoms with van der Waals surface area (Å²) in [4.78, 5) is 21.2. The van der Waals surface area contributed by atoms with Gasteiger partial charge in [-0.25, -0.2) is 4.98 Å². The molecule has 2 aromatic rings. The van der Waals surface area contributed by atoms with E-state index in [1.54, 1.807) is 0 Å². The maximum atomic E-state index is 11.4. The Hall–Kier alpha value is -1.88. The van der Waals surface area contributed by atoms with Crippen molar-refractivity contribution in [2.75, 3.05) is 19.6 Å². The highest BCUT2D eigenvalue weighted by molar-refractivity contribution is 5.78. The molecule has 0 radical (unpaired) electrons. The summed E-state index contributed by atoms with van der Waals surface area (Å²) in [5, 5.41) is 3.37. The Morgan fingerprint density at radius 2 is 2.25 bits per heavy atom. The topological polar surface area (TPSA) is 61.0 Å². The molecule has 2 heterocycles. The molecule has 0 bridgehead atoms. The lowest BCUT2D eigenvalue weighted by molar-refractivity contribution is -0.127. The van der Waals surface area contributed by atoms with Crippen LogP contribution in [0.5, 0.6) is 0 Å². The average molecular weight is 272 g/mol. The molecule has 0 saturated carbocycles. The second-order valence-electron chi connectivity index (χ2n) is 5.22. The summed E-state index contributed by atoms with van der Waals surface area (Å²) >= 11 is 0. The summed E-state index contributed by atoms with van der Waals surface area (Å²) < 4.78 is 0. The Balaban J connectivity index is 1.40. The van der Waals surface area contributed by atoms with Crippen LogP contribution in [-0.4, -0.2) is 40.4 Å². The van der Waals surface area contributed by atoms with Crippen LogP contribution in [0.25, 0.3) is 11.0 Å². The smallest absolute Gasteiger partial charge is 0.222 e. The number of nitrogens with zero attached hydrogens (tertiary/aromatic N) is 2. The fourth-order valence-electron chi connectivity index (χ4n) is 2.63. The van der Waals surface area contributed by atoms with E-state index in [-0.39, 0.29) is 0 Å². The Labute approximate surface area is 118 Å². The van der Waals surface area contributed by atoms with Crippen LogP contribution in [0.15, 0.2) is 24.3 Å². The zero-order valence-corrected chi connectivity index (χ0v) is 11.6. The van der Waals surface area contributed by atoms with Gasteiger partial charge in [-0.1, -0.05) is 12.1 Å². The molecule has 1 aliphatic rings. The number of imidazole rings is 1. The fourth-order valence-corrected chi connectivity index (χ4v) is 2.63. The largest absolute Gasteiger partial charge is 0.343 e. The lowest BCUT2D eigenvalue weighted by Gasteiger charge is -2.14. The molecule has 1 fully saturated rings. The van der Waals surface area contributed by atoms with Crippen molar-refractivity contribution in [2.24, 2.45) is 0 Å². The van der Waals surface area contributed by atoms with Crippen molar-refractivity contribution in [2.45, 2.75) is 25.8 Å². The van der Waals surface area contributed by atoms with Crippen LogP contribution in [0.2, 0.25) is 0 Å². The minimum atomic E-state index is 0.308. The molecule has 1 aromatic carbocycles. The fraction of sp³-hybridized carbons (Fsp3) is 0.467. The summed E-state index contributed by atoms with van der Waals surface area (Å²) in [6.45, 7) is 3.44. The van der Waals surface area contributed by atoms with Crippen molar-refractivity contribution in [3.05, 3.63) is 30.1 Å². The number of carbonyl (C=O) groups is 1. The molecule has 20 heavy (non-hydrogen) atoms. The molecule has 0 atom stereocenters. The van der Waals surface area contributed by atoms with Crippen LogP contribution in [0.3, 0.4) is 0 Å². The third kappa shape index (κ3) is 2.99. The number of aromatic amines is 1. The number of aromatic nitrogens is 2. The van der Waals surface area contributed by atoms with Gasteiger partial charge in [-0.2, -0.15) is 0 Å². The van der Waals surface area contributed by atoms with Gasteiger partial charge in [0.15, 0.2) is 0 Å². The van der Waals surface area contributed by atoms with E-state index in [4.69, 9.17) is 0 Å². The van der Waals surface area contributed by atoms with Crippen molar-refractivity contribution < 1.29 is 4.79 Å². The Bertz CT molecular complexity index is 559. The number of fused-ring (bicyclic) bond motifs is 1. The van der Waals surface area contributed by atoms with E-state index in [0.29, 0.717) is 5.91 Å². The second-order valence-corrected chi connectivity index (χ2v) is 5.22. The summed E-state index contributed by atoms with van der Waals surface area (Å²) in [6.07, 6.45) is 2.74. The number of para-hydroxylation sites is 2. The third-order valence-electron chi connectivity index (χ3n) is 3.68. The van der Waals surface area contributed by atoms with Crippen molar-refractivity contribution in [3.63, 3.8) is 0 Å². The molecule has 1 aromatic heterocycles. The SMILES string of the molecule is O=C1CCCN1CCCNCc1nc2ccccc2[nH]1. The van der Waals surface area contributed by atoms with Gasteiger partial charge >= 0.3 is 0 Å². The van der Waals surface area contributed by atoms with Gasteiger partial charge in [0.2, 0.25) is 5.91 Å². The molecule has 0 spiro atoms. The summed E-state index contributed by atoms with van der Waals surface area (Å²) in [6, 6.07) is 8.04. The quantitative estimate of drug-likeness (QED) is 0.786. The number of likely N-dealkylation sites (tertiary alicyclic amines) is 1. The van der Waals surface area contributed by atoms with Gasteiger partial charge in [0, 0.05) is 19.5 Å². The number of benzene rings is 1. The molecular weight excluding hydrogens is 252 g/mol. The first-order valence-electron chi connectivity index (χ1n) is 7.25. The van der Waals surface area contributed by atoms with Crippen LogP contribution in [0.4, 0.5) is 0 Å². The molecule has 0 unspecified atom stereocenters. The van der Waals surface area contributed by atoms with Crippen molar-refractivity contribution in [3.8, 4) is 0 Å². The molecule has 5 heteroatoms. The molecule has 3 rings (SSSR count). The molecule has 1 aliphatic heterocycles. The van der Waals surface area contributed by atoms with Gasteiger partial charge in [0.25, 0.3) is 0 Å². The lowest BCUT2D eigenvalue weighted by atomic mass is 10.3. The molecule has 106 valence electrons. The van der Waals surface area contributed by atoms with Crippen LogP contribution < -0.4 is 5.32 Å².